The summed E-state index contributed by atoms with van der Waals surface area (Å²) in [6, 6.07) is 5.25. The first-order valence-corrected chi connectivity index (χ1v) is 5.80. The van der Waals surface area contributed by atoms with Gasteiger partial charge in [-0.15, -0.1) is 0 Å². The number of halogens is 1. The normalized spacial score (nSPS) is 9.82. The van der Waals surface area contributed by atoms with Gasteiger partial charge in [0.1, 0.15) is 0 Å². The van der Waals surface area contributed by atoms with Crippen LogP contribution in [0.3, 0.4) is 0 Å². The molecule has 0 bridgehead atoms. The van der Waals surface area contributed by atoms with Crippen molar-refractivity contribution < 1.29 is 14.7 Å². The number of anilines is 1. The molecule has 6 heteroatoms. The van der Waals surface area contributed by atoms with Gasteiger partial charge in [-0.3, -0.25) is 9.59 Å². The van der Waals surface area contributed by atoms with Crippen LogP contribution < -0.4 is 10.6 Å². The summed E-state index contributed by atoms with van der Waals surface area (Å²) < 4.78 is 0.853. The van der Waals surface area contributed by atoms with Crippen LogP contribution in [0.1, 0.15) is 5.56 Å². The predicted molar refractivity (Wildman–Crippen MR) is 67.6 cm³/mol. The highest BCUT2D eigenvalue weighted by Gasteiger charge is 2.12. The second-order valence-electron chi connectivity index (χ2n) is 3.40. The molecule has 92 valence electrons. The van der Waals surface area contributed by atoms with E-state index in [-0.39, 0.29) is 13.2 Å². The molecule has 0 aromatic heterocycles. The van der Waals surface area contributed by atoms with Gasteiger partial charge in [0.2, 0.25) is 0 Å². The number of aliphatic hydroxyl groups excluding tert-OH is 1. The van der Waals surface area contributed by atoms with Crippen LogP contribution in [0, 0.1) is 6.92 Å². The summed E-state index contributed by atoms with van der Waals surface area (Å²) in [6.07, 6.45) is 0. The largest absolute Gasteiger partial charge is 0.395 e. The number of rotatable bonds is 3. The Bertz CT molecular complexity index is 435. The van der Waals surface area contributed by atoms with Crippen molar-refractivity contribution in [3.05, 3.63) is 28.2 Å². The molecular formula is C11H13BrN2O3. The molecule has 0 fully saturated rings. The van der Waals surface area contributed by atoms with Crippen molar-refractivity contribution >= 4 is 33.4 Å². The maximum atomic E-state index is 11.4. The first-order valence-electron chi connectivity index (χ1n) is 5.01. The molecular weight excluding hydrogens is 288 g/mol. The molecule has 17 heavy (non-hydrogen) atoms. The lowest BCUT2D eigenvalue weighted by molar-refractivity contribution is -0.136. The second kappa shape index (κ2) is 6.36. The summed E-state index contributed by atoms with van der Waals surface area (Å²) in [5.74, 6) is -1.52. The van der Waals surface area contributed by atoms with Crippen LogP contribution in [-0.4, -0.2) is 30.1 Å². The smallest absolute Gasteiger partial charge is 0.313 e. The van der Waals surface area contributed by atoms with Gasteiger partial charge in [0.05, 0.1) is 6.61 Å². The van der Waals surface area contributed by atoms with Crippen molar-refractivity contribution in [3.8, 4) is 0 Å². The zero-order chi connectivity index (χ0) is 12.8. The standard InChI is InChI=1S/C11H13BrN2O3/c1-7-2-3-8(6-9(7)12)14-11(17)10(16)13-4-5-15/h2-3,6,15H,4-5H2,1H3,(H,13,16)(H,14,17). The Morgan fingerprint density at radius 2 is 2.06 bits per heavy atom. The van der Waals surface area contributed by atoms with Crippen LogP contribution in [0.4, 0.5) is 5.69 Å². The fourth-order valence-electron chi connectivity index (χ4n) is 1.11. The van der Waals surface area contributed by atoms with E-state index in [0.29, 0.717) is 5.69 Å². The third-order valence-corrected chi connectivity index (χ3v) is 2.89. The summed E-state index contributed by atoms with van der Waals surface area (Å²) in [6.45, 7) is 1.78. The number of aryl methyl sites for hydroxylation is 1. The molecule has 1 rings (SSSR count). The van der Waals surface area contributed by atoms with E-state index in [1.54, 1.807) is 12.1 Å². The first-order chi connectivity index (χ1) is 8.04. The number of aliphatic hydroxyl groups is 1. The summed E-state index contributed by atoms with van der Waals surface area (Å²) in [5, 5.41) is 13.2. The van der Waals surface area contributed by atoms with Crippen LogP contribution in [0.25, 0.3) is 0 Å². The molecule has 3 N–H and O–H groups in total. The van der Waals surface area contributed by atoms with Crippen LogP contribution in [0.15, 0.2) is 22.7 Å². The lowest BCUT2D eigenvalue weighted by atomic mass is 10.2. The third kappa shape index (κ3) is 4.16. The van der Waals surface area contributed by atoms with Crippen molar-refractivity contribution in [2.75, 3.05) is 18.5 Å². The molecule has 0 aliphatic heterocycles. The van der Waals surface area contributed by atoms with Gasteiger partial charge < -0.3 is 15.7 Å². The van der Waals surface area contributed by atoms with Gasteiger partial charge >= 0.3 is 11.8 Å². The minimum absolute atomic E-state index is 0.0594. The van der Waals surface area contributed by atoms with Gasteiger partial charge in [0.25, 0.3) is 0 Å². The van der Waals surface area contributed by atoms with E-state index in [1.165, 1.54) is 0 Å². The quantitative estimate of drug-likeness (QED) is 0.723. The average molecular weight is 301 g/mol. The van der Waals surface area contributed by atoms with E-state index in [2.05, 4.69) is 26.6 Å². The maximum Gasteiger partial charge on any atom is 0.313 e. The van der Waals surface area contributed by atoms with Crippen molar-refractivity contribution in [1.82, 2.24) is 5.32 Å². The Morgan fingerprint density at radius 3 is 2.65 bits per heavy atom. The number of hydrogen-bond acceptors (Lipinski definition) is 3. The molecule has 2 amide bonds. The molecule has 0 aliphatic rings. The first kappa shape index (κ1) is 13.7. The molecule has 0 unspecified atom stereocenters. The van der Waals surface area contributed by atoms with Crippen LogP contribution in [-0.2, 0) is 9.59 Å². The minimum atomic E-state index is -0.768. The molecule has 0 aliphatic carbocycles. The van der Waals surface area contributed by atoms with Crippen molar-refractivity contribution in [3.63, 3.8) is 0 Å². The Balaban J connectivity index is 2.61. The minimum Gasteiger partial charge on any atom is -0.395 e. The molecule has 0 spiro atoms. The second-order valence-corrected chi connectivity index (χ2v) is 4.25. The fourth-order valence-corrected chi connectivity index (χ4v) is 1.49. The Hall–Kier alpha value is -1.40. The van der Waals surface area contributed by atoms with E-state index in [1.807, 2.05) is 13.0 Å². The van der Waals surface area contributed by atoms with Crippen molar-refractivity contribution in [2.24, 2.45) is 0 Å². The monoisotopic (exact) mass is 300 g/mol. The van der Waals surface area contributed by atoms with Gasteiger partial charge in [-0.2, -0.15) is 0 Å². The topological polar surface area (TPSA) is 78.4 Å². The van der Waals surface area contributed by atoms with E-state index >= 15 is 0 Å². The van der Waals surface area contributed by atoms with E-state index in [4.69, 9.17) is 5.11 Å². The number of benzene rings is 1. The van der Waals surface area contributed by atoms with E-state index in [0.717, 1.165) is 10.0 Å². The predicted octanol–water partition coefficient (Wildman–Crippen LogP) is 0.805. The zero-order valence-corrected chi connectivity index (χ0v) is 10.9. The SMILES string of the molecule is Cc1ccc(NC(=O)C(=O)NCCO)cc1Br. The molecule has 5 nitrogen and oxygen atoms in total. The zero-order valence-electron chi connectivity index (χ0n) is 9.29. The Morgan fingerprint density at radius 1 is 1.35 bits per heavy atom. The molecule has 0 atom stereocenters. The highest BCUT2D eigenvalue weighted by molar-refractivity contribution is 9.10. The Labute approximate surface area is 107 Å². The number of amides is 2. The lowest BCUT2D eigenvalue weighted by Crippen LogP contribution is -2.36. The molecule has 0 saturated heterocycles. The van der Waals surface area contributed by atoms with Gasteiger partial charge in [-0.25, -0.2) is 0 Å². The average Bonchev–Trinajstić information content (AvgIpc) is 2.30. The van der Waals surface area contributed by atoms with Crippen molar-refractivity contribution in [1.29, 1.82) is 0 Å². The van der Waals surface area contributed by atoms with E-state index < -0.39 is 11.8 Å². The van der Waals surface area contributed by atoms with E-state index in [9.17, 15) is 9.59 Å². The highest BCUT2D eigenvalue weighted by Crippen LogP contribution is 2.20. The lowest BCUT2D eigenvalue weighted by Gasteiger charge is -2.06. The number of hydrogen-bond donors (Lipinski definition) is 3. The van der Waals surface area contributed by atoms with Crippen LogP contribution in [0.5, 0.6) is 0 Å². The fraction of sp³-hybridized carbons (Fsp3) is 0.273. The number of nitrogens with one attached hydrogen (secondary N) is 2. The van der Waals surface area contributed by atoms with Gasteiger partial charge in [-0.05, 0) is 24.6 Å². The summed E-state index contributed by atoms with van der Waals surface area (Å²) in [7, 11) is 0. The van der Waals surface area contributed by atoms with Gasteiger partial charge in [0, 0.05) is 16.7 Å². The number of carbonyl (C=O) groups is 2. The van der Waals surface area contributed by atoms with Crippen LogP contribution >= 0.6 is 15.9 Å². The molecule has 0 heterocycles. The molecule has 0 saturated carbocycles. The summed E-state index contributed by atoms with van der Waals surface area (Å²) in [4.78, 5) is 22.6. The van der Waals surface area contributed by atoms with Gasteiger partial charge in [0.15, 0.2) is 0 Å². The van der Waals surface area contributed by atoms with Gasteiger partial charge in [-0.1, -0.05) is 22.0 Å². The maximum absolute atomic E-state index is 11.4. The molecule has 1 aromatic carbocycles. The summed E-state index contributed by atoms with van der Waals surface area (Å²) in [5.41, 5.74) is 1.57. The van der Waals surface area contributed by atoms with Crippen molar-refractivity contribution in [2.45, 2.75) is 6.92 Å². The third-order valence-electron chi connectivity index (χ3n) is 2.03. The van der Waals surface area contributed by atoms with Crippen LogP contribution in [0.2, 0.25) is 0 Å². The highest BCUT2D eigenvalue weighted by atomic mass is 79.9. The number of carbonyl (C=O) groups excluding carboxylic acids is 2. The molecule has 1 aromatic rings. The molecule has 0 radical (unpaired) electrons. The Kier molecular flexibility index (Phi) is 5.11. The summed E-state index contributed by atoms with van der Waals surface area (Å²) >= 11 is 3.33.